The topological polar surface area (TPSA) is 0 Å². The Balaban J connectivity index is 0.000000358. The van der Waals surface area contributed by atoms with Crippen molar-refractivity contribution in [1.29, 1.82) is 0 Å². The van der Waals surface area contributed by atoms with E-state index in [1.54, 1.807) is 12.2 Å². The van der Waals surface area contributed by atoms with Gasteiger partial charge >= 0.3 is 0 Å². The van der Waals surface area contributed by atoms with Crippen molar-refractivity contribution in [3.8, 4) is 0 Å². The molecule has 0 unspecified atom stereocenters. The molecule has 0 aliphatic rings. The van der Waals surface area contributed by atoms with Gasteiger partial charge < -0.3 is 0 Å². The number of halogens is 1. The van der Waals surface area contributed by atoms with Gasteiger partial charge in [0.1, 0.15) is 0 Å². The zero-order valence-electron chi connectivity index (χ0n) is 13.4. The lowest BCUT2D eigenvalue weighted by Gasteiger charge is -1.96. The van der Waals surface area contributed by atoms with E-state index in [1.165, 1.54) is 16.3 Å². The quantitative estimate of drug-likeness (QED) is 0.521. The maximum Gasteiger partial charge on any atom is 0.0399 e. The third-order valence-electron chi connectivity index (χ3n) is 2.55. The molecule has 0 atom stereocenters. The van der Waals surface area contributed by atoms with Crippen LogP contribution < -0.4 is 0 Å². The Morgan fingerprint density at radius 1 is 1.05 bits per heavy atom. The lowest BCUT2D eigenvalue weighted by Crippen LogP contribution is -1.73. The first-order valence-electron chi connectivity index (χ1n) is 7.23. The Labute approximate surface area is 134 Å². The van der Waals surface area contributed by atoms with Crippen molar-refractivity contribution in [2.24, 2.45) is 0 Å². The van der Waals surface area contributed by atoms with Crippen LogP contribution in [0.4, 0.5) is 0 Å². The minimum Gasteiger partial charge on any atom is -0.0976 e. The van der Waals surface area contributed by atoms with E-state index in [1.807, 2.05) is 32.9 Å². The molecule has 2 rings (SSSR count). The number of hydrogen-bond donors (Lipinski definition) is 0. The molecule has 0 saturated heterocycles. The number of allylic oxidation sites excluding steroid dienone is 5. The van der Waals surface area contributed by atoms with Gasteiger partial charge in [0.25, 0.3) is 0 Å². The monoisotopic (exact) mass is 300 g/mol. The first-order valence-corrected chi connectivity index (χ1v) is 7.61. The van der Waals surface area contributed by atoms with Gasteiger partial charge in [-0.25, -0.2) is 0 Å². The summed E-state index contributed by atoms with van der Waals surface area (Å²) in [6, 6.07) is 14.9. The van der Waals surface area contributed by atoms with Crippen molar-refractivity contribution < 1.29 is 0 Å². The van der Waals surface area contributed by atoms with Crippen molar-refractivity contribution in [3.63, 3.8) is 0 Å². The van der Waals surface area contributed by atoms with Gasteiger partial charge in [0.2, 0.25) is 0 Å². The summed E-state index contributed by atoms with van der Waals surface area (Å²) in [5, 5.41) is 3.31. The highest BCUT2D eigenvalue weighted by atomic mass is 35.5. The second-order valence-electron chi connectivity index (χ2n) is 4.13. The molecule has 2 aromatic rings. The maximum absolute atomic E-state index is 5.54. The summed E-state index contributed by atoms with van der Waals surface area (Å²) >= 11 is 5.54. The zero-order chi connectivity index (χ0) is 16.1. The van der Waals surface area contributed by atoms with Crippen LogP contribution in [0.3, 0.4) is 0 Å². The van der Waals surface area contributed by atoms with Gasteiger partial charge in [0.05, 0.1) is 0 Å². The summed E-state index contributed by atoms with van der Waals surface area (Å²) in [6.07, 6.45) is 7.16. The molecule has 0 amide bonds. The normalized spacial score (nSPS) is 10.4. The SMILES string of the molecule is C=C/C(Cl)=C\C=C/C.CC.Cc1ccc2ccccc2c1. The van der Waals surface area contributed by atoms with Gasteiger partial charge in [0.15, 0.2) is 0 Å². The van der Waals surface area contributed by atoms with Crippen LogP contribution in [0.2, 0.25) is 0 Å². The van der Waals surface area contributed by atoms with Gasteiger partial charge in [-0.2, -0.15) is 0 Å². The van der Waals surface area contributed by atoms with E-state index < -0.39 is 0 Å². The van der Waals surface area contributed by atoms with Crippen LogP contribution in [0.25, 0.3) is 10.8 Å². The molecule has 0 saturated carbocycles. The Kier molecular flexibility index (Phi) is 11.0. The number of fused-ring (bicyclic) bond motifs is 1. The smallest absolute Gasteiger partial charge is 0.0399 e. The summed E-state index contributed by atoms with van der Waals surface area (Å²) in [7, 11) is 0. The minimum atomic E-state index is 0.670. The fraction of sp³-hybridized carbons (Fsp3) is 0.200. The Hall–Kier alpha value is -1.79. The van der Waals surface area contributed by atoms with Crippen LogP contribution >= 0.6 is 11.6 Å². The average Bonchev–Trinajstić information content (AvgIpc) is 2.55. The van der Waals surface area contributed by atoms with Gasteiger partial charge in [-0.3, -0.25) is 0 Å². The van der Waals surface area contributed by atoms with Crippen molar-refractivity contribution in [2.75, 3.05) is 0 Å². The molecule has 0 radical (unpaired) electrons. The molecule has 0 N–H and O–H groups in total. The minimum absolute atomic E-state index is 0.670. The van der Waals surface area contributed by atoms with Crippen molar-refractivity contribution in [3.05, 3.63) is 83.9 Å². The molecule has 0 aliphatic heterocycles. The number of rotatable bonds is 2. The van der Waals surface area contributed by atoms with E-state index in [9.17, 15) is 0 Å². The summed E-state index contributed by atoms with van der Waals surface area (Å²) in [5.41, 5.74) is 1.32. The molecule has 0 fully saturated rings. The zero-order valence-corrected chi connectivity index (χ0v) is 14.2. The molecule has 112 valence electrons. The van der Waals surface area contributed by atoms with Crippen LogP contribution in [0.15, 0.2) is 78.4 Å². The summed E-state index contributed by atoms with van der Waals surface area (Å²) in [5.74, 6) is 0. The second-order valence-corrected chi connectivity index (χ2v) is 4.57. The van der Waals surface area contributed by atoms with Gasteiger partial charge in [-0.05, 0) is 30.7 Å². The number of hydrogen-bond acceptors (Lipinski definition) is 0. The largest absolute Gasteiger partial charge is 0.0976 e. The standard InChI is InChI=1S/C11H10.C7H9Cl.C2H6/c1-9-6-7-10-4-2-3-5-11(10)8-9;1-3-5-6-7(8)4-2;1-2/h2-8H,1H3;3-6H,2H2,1H3;1-2H3/b;5-3-,7-6+;. The number of benzene rings is 2. The molecule has 0 heterocycles. The van der Waals surface area contributed by atoms with Crippen molar-refractivity contribution in [1.82, 2.24) is 0 Å². The van der Waals surface area contributed by atoms with Crippen LogP contribution in [0.1, 0.15) is 26.3 Å². The van der Waals surface area contributed by atoms with Gasteiger partial charge in [-0.1, -0.05) is 98.3 Å². The predicted octanol–water partition coefficient (Wildman–Crippen LogP) is 7.05. The molecule has 0 spiro atoms. The van der Waals surface area contributed by atoms with Gasteiger partial charge in [-0.15, -0.1) is 0 Å². The summed E-state index contributed by atoms with van der Waals surface area (Å²) in [4.78, 5) is 0. The van der Waals surface area contributed by atoms with E-state index >= 15 is 0 Å². The fourth-order valence-electron chi connectivity index (χ4n) is 1.56. The molecule has 21 heavy (non-hydrogen) atoms. The highest BCUT2D eigenvalue weighted by Gasteiger charge is 1.89. The van der Waals surface area contributed by atoms with E-state index in [4.69, 9.17) is 11.6 Å². The third kappa shape index (κ3) is 8.16. The van der Waals surface area contributed by atoms with Crippen molar-refractivity contribution in [2.45, 2.75) is 27.7 Å². The predicted molar refractivity (Wildman–Crippen MR) is 99.0 cm³/mol. The fourth-order valence-corrected chi connectivity index (χ4v) is 1.64. The maximum atomic E-state index is 5.54. The summed E-state index contributed by atoms with van der Waals surface area (Å²) < 4.78 is 0. The molecule has 0 aliphatic carbocycles. The van der Waals surface area contributed by atoms with E-state index in [0.717, 1.165) is 0 Å². The highest BCUT2D eigenvalue weighted by Crippen LogP contribution is 2.14. The molecule has 2 aromatic carbocycles. The first kappa shape index (κ1) is 19.2. The lowest BCUT2D eigenvalue weighted by molar-refractivity contribution is 1.50. The molecule has 0 bridgehead atoms. The molecular formula is C20H25Cl. The lowest BCUT2D eigenvalue weighted by atomic mass is 10.1. The van der Waals surface area contributed by atoms with Crippen LogP contribution in [0, 0.1) is 6.92 Å². The Morgan fingerprint density at radius 3 is 2.24 bits per heavy atom. The van der Waals surface area contributed by atoms with E-state index in [0.29, 0.717) is 5.03 Å². The molecular weight excluding hydrogens is 276 g/mol. The average molecular weight is 301 g/mol. The van der Waals surface area contributed by atoms with Gasteiger partial charge in [0, 0.05) is 5.03 Å². The van der Waals surface area contributed by atoms with Crippen LogP contribution in [0.5, 0.6) is 0 Å². The molecule has 0 aromatic heterocycles. The molecule has 0 nitrogen and oxygen atoms in total. The second kappa shape index (κ2) is 12.0. The third-order valence-corrected chi connectivity index (χ3v) is 2.83. The Bertz CT molecular complexity index is 592. The number of aryl methyl sites for hydroxylation is 1. The van der Waals surface area contributed by atoms with E-state index in [2.05, 4.69) is 56.0 Å². The Morgan fingerprint density at radius 2 is 1.67 bits per heavy atom. The van der Waals surface area contributed by atoms with Crippen molar-refractivity contribution >= 4 is 22.4 Å². The molecule has 1 heteroatoms. The van der Waals surface area contributed by atoms with E-state index in [-0.39, 0.29) is 0 Å². The summed E-state index contributed by atoms with van der Waals surface area (Å²) in [6.45, 7) is 11.5. The van der Waals surface area contributed by atoms with Crippen LogP contribution in [-0.2, 0) is 0 Å². The van der Waals surface area contributed by atoms with Crippen LogP contribution in [-0.4, -0.2) is 0 Å². The first-order chi connectivity index (χ1) is 10.2. The highest BCUT2D eigenvalue weighted by molar-refractivity contribution is 6.31.